The lowest BCUT2D eigenvalue weighted by Gasteiger charge is -1.87. The quantitative estimate of drug-likeness (QED) is 0.522. The van der Waals surface area contributed by atoms with Crippen molar-refractivity contribution >= 4 is 22.4 Å². The third-order valence-corrected chi connectivity index (χ3v) is 3.17. The van der Waals surface area contributed by atoms with Crippen molar-refractivity contribution in [3.63, 3.8) is 0 Å². The van der Waals surface area contributed by atoms with Gasteiger partial charge in [0.15, 0.2) is 0 Å². The molecule has 2 heterocycles. The summed E-state index contributed by atoms with van der Waals surface area (Å²) < 4.78 is 14.5. The Balaban J connectivity index is 0.000000174. The Morgan fingerprint density at radius 2 is 2.11 bits per heavy atom. The third-order valence-electron chi connectivity index (χ3n) is 2.90. The third kappa shape index (κ3) is 2.41. The molecule has 2 nitrogen and oxygen atoms in total. The molecule has 3 rings (SSSR count). The van der Waals surface area contributed by atoms with E-state index in [1.54, 1.807) is 18.3 Å². The van der Waals surface area contributed by atoms with Gasteiger partial charge >= 0.3 is 0 Å². The average molecular weight is 268 g/mol. The van der Waals surface area contributed by atoms with Gasteiger partial charge in [0.25, 0.3) is 5.56 Å². The first-order valence-electron chi connectivity index (χ1n) is 6.11. The highest BCUT2D eigenvalue weighted by atomic mass is 35.5. The Kier molecular flexibility index (Phi) is 4.02. The van der Waals surface area contributed by atoms with Gasteiger partial charge in [0.2, 0.25) is 0 Å². The molecule has 0 saturated carbocycles. The van der Waals surface area contributed by atoms with Gasteiger partial charge in [-0.15, -0.1) is 11.6 Å². The summed E-state index contributed by atoms with van der Waals surface area (Å²) in [6.45, 7) is 2.17. The van der Waals surface area contributed by atoms with Crippen LogP contribution in [0, 0.1) is 5.82 Å². The number of halogens is 2. The van der Waals surface area contributed by atoms with Crippen molar-refractivity contribution in [1.82, 2.24) is 4.57 Å². The van der Waals surface area contributed by atoms with E-state index < -0.39 is 5.82 Å². The smallest absolute Gasteiger partial charge is 0.266 e. The fourth-order valence-corrected chi connectivity index (χ4v) is 2.07. The summed E-state index contributed by atoms with van der Waals surface area (Å²) in [5.74, 6) is 0.402. The van der Waals surface area contributed by atoms with Crippen LogP contribution in [0.1, 0.15) is 26.2 Å². The number of alkyl halides is 1. The monoisotopic (exact) mass is 267 g/mol. The highest BCUT2D eigenvalue weighted by molar-refractivity contribution is 6.17. The average Bonchev–Trinajstić information content (AvgIpc) is 3.11. The van der Waals surface area contributed by atoms with Crippen LogP contribution >= 0.6 is 11.6 Å². The highest BCUT2D eigenvalue weighted by Crippen LogP contribution is 2.29. The number of hydrogen-bond donors (Lipinski definition) is 0. The van der Waals surface area contributed by atoms with Crippen LogP contribution in [0.3, 0.4) is 0 Å². The molecule has 0 spiro atoms. The number of hydrogen-bond acceptors (Lipinski definition) is 1. The number of nitrogens with zero attached hydrogens (tertiary/aromatic N) is 1. The van der Waals surface area contributed by atoms with Crippen molar-refractivity contribution in [2.24, 2.45) is 0 Å². The normalized spacial score (nSPS) is 11.1. The van der Waals surface area contributed by atoms with Crippen LogP contribution < -0.4 is 5.56 Å². The van der Waals surface area contributed by atoms with Crippen LogP contribution in [0.2, 0.25) is 0 Å². The molecule has 0 saturated heterocycles. The van der Waals surface area contributed by atoms with Crippen molar-refractivity contribution in [2.75, 3.05) is 5.88 Å². The molecule has 2 aliphatic rings. The summed E-state index contributed by atoms with van der Waals surface area (Å²) >= 11 is 5.38. The van der Waals surface area contributed by atoms with Crippen LogP contribution in [-0.2, 0) is 0 Å². The summed E-state index contributed by atoms with van der Waals surface area (Å²) in [6.07, 6.45) is 5.44. The molecule has 96 valence electrons. The molecule has 18 heavy (non-hydrogen) atoms. The highest BCUT2D eigenvalue weighted by Gasteiger charge is 2.22. The molecule has 4 heteroatoms. The van der Waals surface area contributed by atoms with E-state index in [1.807, 2.05) is 0 Å². The van der Waals surface area contributed by atoms with Crippen LogP contribution in [0.15, 0.2) is 29.2 Å². The summed E-state index contributed by atoms with van der Waals surface area (Å²) in [5, 5.41) is 0.940. The molecule has 1 aromatic rings. The Hall–Kier alpha value is -1.35. The zero-order chi connectivity index (χ0) is 13.1. The van der Waals surface area contributed by atoms with Crippen molar-refractivity contribution in [3.05, 3.63) is 40.6 Å². The molecule has 0 bridgehead atoms. The van der Waals surface area contributed by atoms with E-state index >= 15 is 0 Å². The van der Waals surface area contributed by atoms with E-state index in [2.05, 4.69) is 6.92 Å². The summed E-state index contributed by atoms with van der Waals surface area (Å²) in [7, 11) is 0. The van der Waals surface area contributed by atoms with Gasteiger partial charge in [-0.3, -0.25) is 9.36 Å². The predicted molar refractivity (Wildman–Crippen MR) is 73.3 cm³/mol. The predicted octanol–water partition coefficient (Wildman–Crippen LogP) is 3.86. The van der Waals surface area contributed by atoms with Crippen LogP contribution in [0.5, 0.6) is 0 Å². The Labute approximate surface area is 110 Å². The van der Waals surface area contributed by atoms with Gasteiger partial charge in [-0.05, 0) is 12.5 Å². The van der Waals surface area contributed by atoms with E-state index in [1.165, 1.54) is 29.9 Å². The second kappa shape index (κ2) is 5.53. The van der Waals surface area contributed by atoms with Crippen molar-refractivity contribution in [1.29, 1.82) is 0 Å². The van der Waals surface area contributed by atoms with Gasteiger partial charge in [0, 0.05) is 17.5 Å². The SMILES string of the molecule is CCCCCCl.O=c1c2c(F)cccc2c2cn1-2. The first-order valence-corrected chi connectivity index (χ1v) is 6.64. The lowest BCUT2D eigenvalue weighted by atomic mass is 10.2. The van der Waals surface area contributed by atoms with E-state index in [-0.39, 0.29) is 10.9 Å². The number of fused-ring (bicyclic) bond motifs is 3. The molecule has 0 unspecified atom stereocenters. The summed E-state index contributed by atoms with van der Waals surface area (Å²) in [5.41, 5.74) is 0.604. The molecule has 0 aromatic heterocycles. The van der Waals surface area contributed by atoms with Crippen LogP contribution in [-0.4, -0.2) is 10.4 Å². The second-order valence-electron chi connectivity index (χ2n) is 4.25. The molecular formula is C14H15ClFNO. The molecule has 0 radical (unpaired) electrons. The zero-order valence-electron chi connectivity index (χ0n) is 10.2. The molecule has 0 N–H and O–H groups in total. The molecule has 0 aliphatic carbocycles. The molecule has 0 amide bonds. The molecular weight excluding hydrogens is 253 g/mol. The van der Waals surface area contributed by atoms with Crippen LogP contribution in [0.4, 0.5) is 4.39 Å². The van der Waals surface area contributed by atoms with Gasteiger partial charge in [-0.1, -0.05) is 31.9 Å². The van der Waals surface area contributed by atoms with Crippen molar-refractivity contribution in [3.8, 4) is 5.69 Å². The minimum Gasteiger partial charge on any atom is -0.279 e. The van der Waals surface area contributed by atoms with Gasteiger partial charge in [-0.2, -0.15) is 0 Å². The minimum absolute atomic E-state index is 0.218. The Morgan fingerprint density at radius 3 is 2.67 bits per heavy atom. The van der Waals surface area contributed by atoms with E-state index in [0.717, 1.165) is 17.0 Å². The summed E-state index contributed by atoms with van der Waals surface area (Å²) in [4.78, 5) is 11.3. The van der Waals surface area contributed by atoms with Gasteiger partial charge in [0.1, 0.15) is 5.82 Å². The van der Waals surface area contributed by atoms with Gasteiger partial charge < -0.3 is 0 Å². The molecule has 0 fully saturated rings. The number of unbranched alkanes of at least 4 members (excludes halogenated alkanes) is 2. The van der Waals surface area contributed by atoms with Gasteiger partial charge in [0.05, 0.1) is 11.1 Å². The Bertz CT molecular complexity index is 617. The van der Waals surface area contributed by atoms with Crippen molar-refractivity contribution < 1.29 is 4.39 Å². The standard InChI is InChI=1S/C9H4FNO.C5H11Cl/c10-6-3-1-2-5-7-4-11(7)9(12)8(5)6;1-2-3-4-5-6/h1-4H;2-5H2,1H3. The minimum atomic E-state index is -0.425. The largest absolute Gasteiger partial charge is 0.279 e. The second-order valence-corrected chi connectivity index (χ2v) is 4.63. The fraction of sp³-hybridized carbons (Fsp3) is 0.357. The zero-order valence-corrected chi connectivity index (χ0v) is 11.0. The van der Waals surface area contributed by atoms with E-state index in [4.69, 9.17) is 11.6 Å². The van der Waals surface area contributed by atoms with Crippen molar-refractivity contribution in [2.45, 2.75) is 26.2 Å². The topological polar surface area (TPSA) is 22.0 Å². The number of pyridine rings is 1. The van der Waals surface area contributed by atoms with Crippen LogP contribution in [0.25, 0.3) is 16.5 Å². The lowest BCUT2D eigenvalue weighted by molar-refractivity contribution is 0.639. The number of benzene rings is 1. The summed E-state index contributed by atoms with van der Waals surface area (Å²) in [6, 6.07) is 4.68. The van der Waals surface area contributed by atoms with Gasteiger partial charge in [-0.25, -0.2) is 4.39 Å². The molecule has 0 atom stereocenters. The van der Waals surface area contributed by atoms with E-state index in [0.29, 0.717) is 0 Å². The Morgan fingerprint density at radius 1 is 1.33 bits per heavy atom. The maximum absolute atomic E-state index is 13.1. The molecule has 1 aromatic carbocycles. The van der Waals surface area contributed by atoms with E-state index in [9.17, 15) is 9.18 Å². The lowest BCUT2D eigenvalue weighted by Crippen LogP contribution is -2.03. The molecule has 2 aliphatic heterocycles. The maximum Gasteiger partial charge on any atom is 0.266 e. The first kappa shape index (κ1) is 13.1. The fourth-order valence-electron chi connectivity index (χ4n) is 1.88. The maximum atomic E-state index is 13.1. The first-order chi connectivity index (χ1) is 8.70. The number of aromatic nitrogens is 1. The number of rotatable bonds is 3.